The first kappa shape index (κ1) is 20.4. The summed E-state index contributed by atoms with van der Waals surface area (Å²) in [5.41, 5.74) is 0. The minimum Gasteiger partial charge on any atom is -0.382 e. The van der Waals surface area contributed by atoms with Crippen molar-refractivity contribution in [3.05, 3.63) is 29.3 Å². The molecule has 0 unspecified atom stereocenters. The Labute approximate surface area is 160 Å². The molecule has 1 aliphatic rings. The van der Waals surface area contributed by atoms with E-state index in [0.29, 0.717) is 49.5 Å². The Hall–Kier alpha value is -0.930. The third kappa shape index (κ3) is 5.79. The lowest BCUT2D eigenvalue weighted by molar-refractivity contribution is 0.145. The van der Waals surface area contributed by atoms with Crippen LogP contribution in [0.25, 0.3) is 0 Å². The first-order valence-corrected chi connectivity index (χ1v) is 10.5. The molecule has 1 aromatic carbocycles. The molecule has 1 aliphatic heterocycles. The van der Waals surface area contributed by atoms with Crippen LogP contribution in [0, 0.1) is 0 Å². The Bertz CT molecular complexity index is 660. The fourth-order valence-electron chi connectivity index (χ4n) is 2.51. The smallest absolute Gasteiger partial charge is 0.243 e. The first-order chi connectivity index (χ1) is 11.9. The van der Waals surface area contributed by atoms with Crippen LogP contribution in [-0.2, 0) is 14.8 Å². The van der Waals surface area contributed by atoms with E-state index in [1.165, 1.54) is 16.4 Å². The molecule has 0 aromatic heterocycles. The highest BCUT2D eigenvalue weighted by Gasteiger charge is 2.29. The number of rotatable bonds is 7. The molecule has 0 spiro atoms. The Morgan fingerprint density at radius 2 is 1.88 bits per heavy atom. The molecular weight excluding hydrogens is 382 g/mol. The van der Waals surface area contributed by atoms with Crippen LogP contribution in [-0.4, -0.2) is 68.7 Å². The molecule has 1 fully saturated rings. The molecule has 1 heterocycles. The lowest BCUT2D eigenvalue weighted by Crippen LogP contribution is -2.53. The molecule has 25 heavy (non-hydrogen) atoms. The van der Waals surface area contributed by atoms with E-state index in [0.717, 1.165) is 13.0 Å². The lowest BCUT2D eigenvalue weighted by atomic mass is 10.4. The summed E-state index contributed by atoms with van der Waals surface area (Å²) in [5, 5.41) is 4.38. The van der Waals surface area contributed by atoms with E-state index in [1.54, 1.807) is 12.1 Å². The van der Waals surface area contributed by atoms with Crippen LogP contribution in [0.5, 0.6) is 0 Å². The standard InChI is InChI=1S/C16H24ClN3O3S2/c1-2-23-13-3-8-18-16(24)19-9-11-20(12-10-19)25(21,22)15-6-4-14(17)5-7-15/h4-7H,2-3,8-13H2,1H3,(H,18,24). The summed E-state index contributed by atoms with van der Waals surface area (Å²) in [4.78, 5) is 2.27. The zero-order valence-corrected chi connectivity index (χ0v) is 16.7. The highest BCUT2D eigenvalue weighted by atomic mass is 35.5. The number of halogens is 1. The van der Waals surface area contributed by atoms with Crippen molar-refractivity contribution in [2.45, 2.75) is 18.2 Å². The van der Waals surface area contributed by atoms with Gasteiger partial charge in [0.25, 0.3) is 0 Å². The van der Waals surface area contributed by atoms with Gasteiger partial charge < -0.3 is 15.0 Å². The van der Waals surface area contributed by atoms with Gasteiger partial charge in [0.15, 0.2) is 5.11 Å². The number of hydrogen-bond acceptors (Lipinski definition) is 4. The van der Waals surface area contributed by atoms with Gasteiger partial charge in [0.05, 0.1) is 4.90 Å². The van der Waals surface area contributed by atoms with Crippen LogP contribution in [0.3, 0.4) is 0 Å². The zero-order valence-electron chi connectivity index (χ0n) is 14.3. The van der Waals surface area contributed by atoms with Gasteiger partial charge in [0, 0.05) is 51.0 Å². The third-order valence-corrected chi connectivity index (χ3v) is 6.49. The molecule has 1 saturated heterocycles. The molecule has 0 amide bonds. The molecule has 1 N–H and O–H groups in total. The van der Waals surface area contributed by atoms with E-state index in [-0.39, 0.29) is 4.90 Å². The van der Waals surface area contributed by atoms with Crippen molar-refractivity contribution < 1.29 is 13.2 Å². The van der Waals surface area contributed by atoms with Crippen LogP contribution in [0.15, 0.2) is 29.2 Å². The molecule has 0 aliphatic carbocycles. The average molecular weight is 406 g/mol. The van der Waals surface area contributed by atoms with Crippen molar-refractivity contribution in [1.82, 2.24) is 14.5 Å². The fraction of sp³-hybridized carbons (Fsp3) is 0.562. The van der Waals surface area contributed by atoms with Crippen LogP contribution >= 0.6 is 23.8 Å². The average Bonchev–Trinajstić information content (AvgIpc) is 2.62. The van der Waals surface area contributed by atoms with Crippen molar-refractivity contribution in [1.29, 1.82) is 0 Å². The van der Waals surface area contributed by atoms with E-state index in [4.69, 9.17) is 28.6 Å². The maximum atomic E-state index is 12.6. The van der Waals surface area contributed by atoms with Crippen LogP contribution in [0.1, 0.15) is 13.3 Å². The monoisotopic (exact) mass is 405 g/mol. The van der Waals surface area contributed by atoms with Crippen molar-refractivity contribution in [2.24, 2.45) is 0 Å². The predicted octanol–water partition coefficient (Wildman–Crippen LogP) is 1.95. The van der Waals surface area contributed by atoms with Crippen LogP contribution in [0.2, 0.25) is 5.02 Å². The Kier molecular flexibility index (Phi) is 7.89. The normalized spacial score (nSPS) is 16.0. The van der Waals surface area contributed by atoms with Gasteiger partial charge in [-0.25, -0.2) is 8.42 Å². The minimum absolute atomic E-state index is 0.266. The maximum absolute atomic E-state index is 12.6. The molecule has 2 rings (SSSR count). The minimum atomic E-state index is -3.49. The van der Waals surface area contributed by atoms with Gasteiger partial charge in [-0.2, -0.15) is 4.31 Å². The summed E-state index contributed by atoms with van der Waals surface area (Å²) >= 11 is 11.2. The first-order valence-electron chi connectivity index (χ1n) is 8.31. The van der Waals surface area contributed by atoms with Gasteiger partial charge in [-0.05, 0) is 49.8 Å². The van der Waals surface area contributed by atoms with E-state index in [9.17, 15) is 8.42 Å². The van der Waals surface area contributed by atoms with Gasteiger partial charge >= 0.3 is 0 Å². The molecule has 6 nitrogen and oxygen atoms in total. The number of benzene rings is 1. The second-order valence-electron chi connectivity index (χ2n) is 5.63. The molecule has 1 aromatic rings. The summed E-state index contributed by atoms with van der Waals surface area (Å²) < 4.78 is 32.1. The van der Waals surface area contributed by atoms with E-state index >= 15 is 0 Å². The number of hydrogen-bond donors (Lipinski definition) is 1. The van der Waals surface area contributed by atoms with Crippen molar-refractivity contribution in [2.75, 3.05) is 45.9 Å². The Morgan fingerprint density at radius 1 is 1.24 bits per heavy atom. The highest BCUT2D eigenvalue weighted by molar-refractivity contribution is 7.89. The predicted molar refractivity (Wildman–Crippen MR) is 103 cm³/mol. The van der Waals surface area contributed by atoms with Crippen molar-refractivity contribution >= 4 is 39.0 Å². The van der Waals surface area contributed by atoms with E-state index in [1.807, 2.05) is 11.8 Å². The summed E-state index contributed by atoms with van der Waals surface area (Å²) in [6.45, 7) is 6.11. The molecule has 0 saturated carbocycles. The number of nitrogens with one attached hydrogen (secondary N) is 1. The topological polar surface area (TPSA) is 61.9 Å². The van der Waals surface area contributed by atoms with E-state index in [2.05, 4.69) is 5.32 Å². The number of piperazine rings is 1. The van der Waals surface area contributed by atoms with Crippen LogP contribution in [0.4, 0.5) is 0 Å². The summed E-state index contributed by atoms with van der Waals surface area (Å²) in [7, 11) is -3.49. The largest absolute Gasteiger partial charge is 0.382 e. The molecule has 0 bridgehead atoms. The Balaban J connectivity index is 1.82. The number of ether oxygens (including phenoxy) is 1. The molecule has 9 heteroatoms. The lowest BCUT2D eigenvalue weighted by Gasteiger charge is -2.35. The van der Waals surface area contributed by atoms with Gasteiger partial charge in [-0.3, -0.25) is 0 Å². The third-order valence-electron chi connectivity index (χ3n) is 3.92. The van der Waals surface area contributed by atoms with Gasteiger partial charge in [-0.15, -0.1) is 0 Å². The second kappa shape index (κ2) is 9.68. The second-order valence-corrected chi connectivity index (χ2v) is 8.39. The summed E-state index contributed by atoms with van der Waals surface area (Å²) in [5.74, 6) is 0. The number of nitrogens with zero attached hydrogens (tertiary/aromatic N) is 2. The van der Waals surface area contributed by atoms with Gasteiger partial charge in [0.2, 0.25) is 10.0 Å². The molecule has 0 atom stereocenters. The Morgan fingerprint density at radius 3 is 2.48 bits per heavy atom. The van der Waals surface area contributed by atoms with E-state index < -0.39 is 10.0 Å². The van der Waals surface area contributed by atoms with Crippen molar-refractivity contribution in [3.63, 3.8) is 0 Å². The van der Waals surface area contributed by atoms with Gasteiger partial charge in [-0.1, -0.05) is 11.6 Å². The maximum Gasteiger partial charge on any atom is 0.243 e. The quantitative estimate of drug-likeness (QED) is 0.552. The SMILES string of the molecule is CCOCCCNC(=S)N1CCN(S(=O)(=O)c2ccc(Cl)cc2)CC1. The number of sulfonamides is 1. The number of thiocarbonyl (C=S) groups is 1. The zero-order chi connectivity index (χ0) is 18.3. The molecule has 140 valence electrons. The fourth-order valence-corrected chi connectivity index (χ4v) is 4.35. The summed E-state index contributed by atoms with van der Waals surface area (Å²) in [6, 6.07) is 6.25. The highest BCUT2D eigenvalue weighted by Crippen LogP contribution is 2.19. The summed E-state index contributed by atoms with van der Waals surface area (Å²) in [6.07, 6.45) is 0.888. The van der Waals surface area contributed by atoms with Gasteiger partial charge in [0.1, 0.15) is 0 Å². The molecule has 0 radical (unpaired) electrons. The molecular formula is C16H24ClN3O3S2. The van der Waals surface area contributed by atoms with Crippen LogP contribution < -0.4 is 5.32 Å². The van der Waals surface area contributed by atoms with Crippen molar-refractivity contribution in [3.8, 4) is 0 Å².